The van der Waals surface area contributed by atoms with Crippen LogP contribution in [0.4, 0.5) is 5.13 Å². The number of aromatic nitrogens is 1. The Bertz CT molecular complexity index is 1200. The van der Waals surface area contributed by atoms with Crippen molar-refractivity contribution < 1.29 is 17.9 Å². The fourth-order valence-electron chi connectivity index (χ4n) is 3.88. The van der Waals surface area contributed by atoms with Gasteiger partial charge in [0, 0.05) is 13.1 Å². The van der Waals surface area contributed by atoms with Gasteiger partial charge < -0.3 is 9.64 Å². The third kappa shape index (κ3) is 5.42. The molecule has 0 bridgehead atoms. The molecule has 0 aliphatic carbocycles. The van der Waals surface area contributed by atoms with Crippen molar-refractivity contribution in [2.75, 3.05) is 31.1 Å². The average Bonchev–Trinajstić information content (AvgIpc) is 3.18. The molecule has 0 N–H and O–H groups in total. The van der Waals surface area contributed by atoms with Gasteiger partial charge in [0.05, 0.1) is 33.8 Å². The quantitative estimate of drug-likeness (QED) is 0.397. The van der Waals surface area contributed by atoms with Crippen molar-refractivity contribution in [3.05, 3.63) is 54.1 Å². The summed E-state index contributed by atoms with van der Waals surface area (Å²) in [6, 6.07) is 14.0. The van der Waals surface area contributed by atoms with Gasteiger partial charge in [0.15, 0.2) is 5.13 Å². The van der Waals surface area contributed by atoms with Gasteiger partial charge in [-0.05, 0) is 48.2 Å². The molecule has 4 rings (SSSR count). The summed E-state index contributed by atoms with van der Waals surface area (Å²) >= 11 is 1.63. The first kappa shape index (κ1) is 24.6. The van der Waals surface area contributed by atoms with Crippen LogP contribution in [0.5, 0.6) is 0 Å². The van der Waals surface area contributed by atoms with Crippen LogP contribution in [0.1, 0.15) is 38.1 Å². The van der Waals surface area contributed by atoms with E-state index in [-0.39, 0.29) is 22.8 Å². The summed E-state index contributed by atoms with van der Waals surface area (Å²) in [4.78, 5) is 19.5. The predicted molar refractivity (Wildman–Crippen MR) is 136 cm³/mol. The molecule has 0 atom stereocenters. The summed E-state index contributed by atoms with van der Waals surface area (Å²) in [6.45, 7) is 10.1. The Morgan fingerprint density at radius 1 is 1.06 bits per heavy atom. The third-order valence-corrected chi connectivity index (χ3v) is 8.48. The zero-order valence-corrected chi connectivity index (χ0v) is 21.6. The SMILES string of the molecule is CC(C)CN(CC(C)C)S(=O)(=O)c1ccc(C(=O)OC2CN(c3nc4ccccc4s3)C2)cc1. The molecule has 0 amide bonds. The van der Waals surface area contributed by atoms with E-state index in [0.29, 0.717) is 31.7 Å². The van der Waals surface area contributed by atoms with E-state index in [2.05, 4.69) is 9.88 Å². The van der Waals surface area contributed by atoms with E-state index in [4.69, 9.17) is 4.74 Å². The van der Waals surface area contributed by atoms with Gasteiger partial charge in [0.25, 0.3) is 0 Å². The third-order valence-electron chi connectivity index (χ3n) is 5.54. The van der Waals surface area contributed by atoms with E-state index in [1.54, 1.807) is 11.3 Å². The normalized spacial score (nSPS) is 14.9. The molecule has 1 aliphatic rings. The minimum absolute atomic E-state index is 0.191. The summed E-state index contributed by atoms with van der Waals surface area (Å²) in [5.74, 6) is -0.0146. The second-order valence-electron chi connectivity index (χ2n) is 9.53. The van der Waals surface area contributed by atoms with Crippen LogP contribution in [-0.2, 0) is 14.8 Å². The fraction of sp³-hybridized carbons (Fsp3) is 0.440. The fourth-order valence-corrected chi connectivity index (χ4v) is 6.63. The number of rotatable bonds is 9. The van der Waals surface area contributed by atoms with Crippen molar-refractivity contribution in [3.63, 3.8) is 0 Å². The second kappa shape index (κ2) is 10.0. The largest absolute Gasteiger partial charge is 0.455 e. The summed E-state index contributed by atoms with van der Waals surface area (Å²) in [5.41, 5.74) is 1.31. The van der Waals surface area contributed by atoms with Crippen LogP contribution in [0.15, 0.2) is 53.4 Å². The van der Waals surface area contributed by atoms with E-state index >= 15 is 0 Å². The molecule has 0 radical (unpaired) electrons. The summed E-state index contributed by atoms with van der Waals surface area (Å²) in [6.07, 6.45) is -0.213. The molecule has 7 nitrogen and oxygen atoms in total. The lowest BCUT2D eigenvalue weighted by Gasteiger charge is -2.38. The van der Waals surface area contributed by atoms with Crippen molar-refractivity contribution in [1.29, 1.82) is 0 Å². The average molecular weight is 502 g/mol. The van der Waals surface area contributed by atoms with Gasteiger partial charge in [-0.2, -0.15) is 4.31 Å². The standard InChI is InChI=1S/C25H31N3O4S2/c1-17(2)13-28(14-18(3)4)34(30,31)21-11-9-19(10-12-21)24(29)32-20-15-27(16-20)25-26-22-7-5-6-8-23(22)33-25/h5-12,17-18,20H,13-16H2,1-4H3. The maximum Gasteiger partial charge on any atom is 0.338 e. The molecule has 3 aromatic rings. The van der Waals surface area contributed by atoms with Crippen LogP contribution in [-0.4, -0.2) is 56.0 Å². The molecular weight excluding hydrogens is 470 g/mol. The molecule has 1 aliphatic heterocycles. The molecule has 1 saturated heterocycles. The molecular formula is C25H31N3O4S2. The number of hydrogen-bond donors (Lipinski definition) is 0. The highest BCUT2D eigenvalue weighted by Crippen LogP contribution is 2.32. The number of benzene rings is 2. The van der Waals surface area contributed by atoms with Gasteiger partial charge in [-0.3, -0.25) is 0 Å². The van der Waals surface area contributed by atoms with E-state index in [1.165, 1.54) is 28.6 Å². The topological polar surface area (TPSA) is 79.8 Å². The van der Waals surface area contributed by atoms with Gasteiger partial charge in [-0.15, -0.1) is 0 Å². The number of nitrogens with zero attached hydrogens (tertiary/aromatic N) is 3. The van der Waals surface area contributed by atoms with Crippen LogP contribution in [0.25, 0.3) is 10.2 Å². The number of carbonyl (C=O) groups is 1. The monoisotopic (exact) mass is 501 g/mol. The molecule has 0 unspecified atom stereocenters. The molecule has 9 heteroatoms. The number of fused-ring (bicyclic) bond motifs is 1. The molecule has 1 fully saturated rings. The highest BCUT2D eigenvalue weighted by atomic mass is 32.2. The molecule has 34 heavy (non-hydrogen) atoms. The Kier molecular flexibility index (Phi) is 7.25. The predicted octanol–water partition coefficient (Wildman–Crippen LogP) is 4.64. The number of thiazole rings is 1. The first-order valence-electron chi connectivity index (χ1n) is 11.5. The first-order chi connectivity index (χ1) is 16.1. The maximum atomic E-state index is 13.2. The first-order valence-corrected chi connectivity index (χ1v) is 13.8. The van der Waals surface area contributed by atoms with E-state index in [1.807, 2.05) is 52.0 Å². The number of anilines is 1. The van der Waals surface area contributed by atoms with Crippen molar-refractivity contribution in [1.82, 2.24) is 9.29 Å². The van der Waals surface area contributed by atoms with Crippen LogP contribution in [0.3, 0.4) is 0 Å². The van der Waals surface area contributed by atoms with Gasteiger partial charge >= 0.3 is 5.97 Å². The Morgan fingerprint density at radius 2 is 1.68 bits per heavy atom. The Labute approximate surface area is 205 Å². The highest BCUT2D eigenvalue weighted by molar-refractivity contribution is 7.89. The van der Waals surface area contributed by atoms with Gasteiger partial charge in [0.1, 0.15) is 6.10 Å². The minimum Gasteiger partial charge on any atom is -0.455 e. The lowest BCUT2D eigenvalue weighted by Crippen LogP contribution is -2.53. The van der Waals surface area contributed by atoms with Crippen molar-refractivity contribution >= 4 is 42.7 Å². The minimum atomic E-state index is -3.63. The number of hydrogen-bond acceptors (Lipinski definition) is 7. The molecule has 0 saturated carbocycles. The maximum absolute atomic E-state index is 13.2. The molecule has 0 spiro atoms. The van der Waals surface area contributed by atoms with E-state index in [9.17, 15) is 13.2 Å². The number of ether oxygens (including phenoxy) is 1. The van der Waals surface area contributed by atoms with Crippen LogP contribution >= 0.6 is 11.3 Å². The Balaban J connectivity index is 1.36. The van der Waals surface area contributed by atoms with Crippen LogP contribution < -0.4 is 4.90 Å². The smallest absolute Gasteiger partial charge is 0.338 e. The lowest BCUT2D eigenvalue weighted by molar-refractivity contribution is 0.0234. The zero-order valence-electron chi connectivity index (χ0n) is 20.0. The second-order valence-corrected chi connectivity index (χ2v) is 12.5. The van der Waals surface area contributed by atoms with Crippen molar-refractivity contribution in [2.24, 2.45) is 11.8 Å². The summed E-state index contributed by atoms with van der Waals surface area (Å²) < 4.78 is 34.6. The van der Waals surface area contributed by atoms with Crippen molar-refractivity contribution in [2.45, 2.75) is 38.7 Å². The van der Waals surface area contributed by atoms with Gasteiger partial charge in [-0.1, -0.05) is 51.2 Å². The molecule has 2 heterocycles. The van der Waals surface area contributed by atoms with Gasteiger partial charge in [-0.25, -0.2) is 18.2 Å². The molecule has 1 aromatic heterocycles. The lowest BCUT2D eigenvalue weighted by atomic mass is 10.2. The number of para-hydroxylation sites is 1. The summed E-state index contributed by atoms with van der Waals surface area (Å²) in [7, 11) is -3.63. The number of esters is 1. The highest BCUT2D eigenvalue weighted by Gasteiger charge is 2.32. The molecule has 182 valence electrons. The Hall–Kier alpha value is -2.49. The Morgan fingerprint density at radius 3 is 2.26 bits per heavy atom. The number of sulfonamides is 1. The number of carbonyl (C=O) groups excluding carboxylic acids is 1. The van der Waals surface area contributed by atoms with Crippen LogP contribution in [0, 0.1) is 11.8 Å². The summed E-state index contributed by atoms with van der Waals surface area (Å²) in [5, 5.41) is 0.926. The van der Waals surface area contributed by atoms with Gasteiger partial charge in [0.2, 0.25) is 10.0 Å². The zero-order chi connectivity index (χ0) is 24.5. The molecule has 2 aromatic carbocycles. The van der Waals surface area contributed by atoms with E-state index < -0.39 is 16.0 Å². The van der Waals surface area contributed by atoms with E-state index in [0.717, 1.165) is 15.3 Å². The van der Waals surface area contributed by atoms with Crippen molar-refractivity contribution in [3.8, 4) is 0 Å². The van der Waals surface area contributed by atoms with Crippen LogP contribution in [0.2, 0.25) is 0 Å².